The maximum atomic E-state index is 12.0. The number of nitrogens with one attached hydrogen (secondary N) is 1. The number of benzene rings is 1. The van der Waals surface area contributed by atoms with E-state index >= 15 is 0 Å². The zero-order valence-corrected chi connectivity index (χ0v) is 12.2. The molecule has 0 aliphatic heterocycles. The van der Waals surface area contributed by atoms with Crippen molar-refractivity contribution in [1.29, 1.82) is 0 Å². The minimum atomic E-state index is -1.04. The van der Waals surface area contributed by atoms with Gasteiger partial charge >= 0.3 is 12.0 Å². The molecule has 1 rings (SSSR count). The number of anilines is 1. The molecule has 0 unspecified atom stereocenters. The van der Waals surface area contributed by atoms with E-state index in [1.165, 1.54) is 0 Å². The normalized spacial score (nSPS) is 10.0. The lowest BCUT2D eigenvalue weighted by atomic mass is 10.3. The Morgan fingerprint density at radius 1 is 1.29 bits per heavy atom. The number of carbonyl (C=O) groups is 2. The summed E-state index contributed by atoms with van der Waals surface area (Å²) >= 11 is 0. The molecule has 0 fully saturated rings. The van der Waals surface area contributed by atoms with Gasteiger partial charge in [-0.15, -0.1) is 0 Å². The lowest BCUT2D eigenvalue weighted by Crippen LogP contribution is -2.37. The van der Waals surface area contributed by atoms with Gasteiger partial charge in [0.1, 0.15) is 5.75 Å². The van der Waals surface area contributed by atoms with Crippen LogP contribution >= 0.6 is 0 Å². The van der Waals surface area contributed by atoms with Crippen molar-refractivity contribution < 1.29 is 24.2 Å². The van der Waals surface area contributed by atoms with Crippen LogP contribution in [0.25, 0.3) is 0 Å². The Hall–Kier alpha value is -2.28. The Kier molecular flexibility index (Phi) is 7.03. The van der Waals surface area contributed by atoms with Crippen molar-refractivity contribution in [1.82, 2.24) is 4.90 Å². The predicted octanol–water partition coefficient (Wildman–Crippen LogP) is 1.65. The van der Waals surface area contributed by atoms with Gasteiger partial charge in [-0.1, -0.05) is 0 Å². The number of hydrogen-bond acceptors (Lipinski definition) is 4. The summed E-state index contributed by atoms with van der Waals surface area (Å²) in [7, 11) is 1.58. The summed E-state index contributed by atoms with van der Waals surface area (Å²) < 4.78 is 9.96. The SMILES string of the molecule is CCN(CCOC)C(=O)Nc1ccc(OCC(=O)O)cc1. The molecule has 7 nitrogen and oxygen atoms in total. The van der Waals surface area contributed by atoms with Crippen molar-refractivity contribution in [2.24, 2.45) is 0 Å². The fraction of sp³-hybridized carbons (Fsp3) is 0.429. The van der Waals surface area contributed by atoms with E-state index in [0.717, 1.165) is 0 Å². The molecule has 116 valence electrons. The number of amides is 2. The van der Waals surface area contributed by atoms with Crippen molar-refractivity contribution in [3.8, 4) is 5.75 Å². The summed E-state index contributed by atoms with van der Waals surface area (Å²) in [5, 5.41) is 11.3. The fourth-order valence-electron chi connectivity index (χ4n) is 1.59. The molecule has 0 bridgehead atoms. The van der Waals surface area contributed by atoms with Gasteiger partial charge in [-0.05, 0) is 31.2 Å². The zero-order chi connectivity index (χ0) is 15.7. The first-order valence-corrected chi connectivity index (χ1v) is 6.56. The molecule has 7 heteroatoms. The van der Waals surface area contributed by atoms with Crippen molar-refractivity contribution in [3.63, 3.8) is 0 Å². The minimum Gasteiger partial charge on any atom is -0.482 e. The monoisotopic (exact) mass is 296 g/mol. The fourth-order valence-corrected chi connectivity index (χ4v) is 1.59. The van der Waals surface area contributed by atoms with E-state index in [1.807, 2.05) is 6.92 Å². The van der Waals surface area contributed by atoms with Crippen molar-refractivity contribution in [2.75, 3.05) is 38.7 Å². The topological polar surface area (TPSA) is 88.1 Å². The highest BCUT2D eigenvalue weighted by atomic mass is 16.5. The average Bonchev–Trinajstić information content (AvgIpc) is 2.47. The largest absolute Gasteiger partial charge is 0.482 e. The van der Waals surface area contributed by atoms with Crippen LogP contribution in [0.2, 0.25) is 0 Å². The van der Waals surface area contributed by atoms with Crippen LogP contribution in [-0.4, -0.2) is 55.4 Å². The number of ether oxygens (including phenoxy) is 2. The van der Waals surface area contributed by atoms with Crippen molar-refractivity contribution >= 4 is 17.7 Å². The number of aliphatic carboxylic acids is 1. The number of rotatable bonds is 8. The molecule has 0 spiro atoms. The van der Waals surface area contributed by atoms with Gasteiger partial charge in [-0.25, -0.2) is 9.59 Å². The van der Waals surface area contributed by atoms with Gasteiger partial charge in [0.2, 0.25) is 0 Å². The number of carboxylic acid groups (broad SMARTS) is 1. The quantitative estimate of drug-likeness (QED) is 0.761. The van der Waals surface area contributed by atoms with E-state index in [1.54, 1.807) is 36.3 Å². The maximum Gasteiger partial charge on any atom is 0.341 e. The second-order valence-electron chi connectivity index (χ2n) is 4.21. The van der Waals surface area contributed by atoms with E-state index in [9.17, 15) is 9.59 Å². The number of likely N-dealkylation sites (N-methyl/N-ethyl adjacent to an activating group) is 1. The number of urea groups is 1. The third-order valence-corrected chi connectivity index (χ3v) is 2.70. The highest BCUT2D eigenvalue weighted by molar-refractivity contribution is 5.89. The van der Waals surface area contributed by atoms with Gasteiger partial charge in [0.25, 0.3) is 0 Å². The van der Waals surface area contributed by atoms with Crippen LogP contribution in [0.5, 0.6) is 5.75 Å². The minimum absolute atomic E-state index is 0.214. The van der Waals surface area contributed by atoms with Crippen LogP contribution in [0.4, 0.5) is 10.5 Å². The molecular formula is C14H20N2O5. The highest BCUT2D eigenvalue weighted by Crippen LogP contribution is 2.16. The summed E-state index contributed by atoms with van der Waals surface area (Å²) in [6.07, 6.45) is 0. The third kappa shape index (κ3) is 6.13. The van der Waals surface area contributed by atoms with Crippen LogP contribution in [0.3, 0.4) is 0 Å². The van der Waals surface area contributed by atoms with Crippen molar-refractivity contribution in [2.45, 2.75) is 6.92 Å². The second kappa shape index (κ2) is 8.80. The lowest BCUT2D eigenvalue weighted by Gasteiger charge is -2.21. The third-order valence-electron chi connectivity index (χ3n) is 2.70. The molecule has 1 aromatic carbocycles. The molecule has 0 atom stereocenters. The number of methoxy groups -OCH3 is 1. The molecular weight excluding hydrogens is 276 g/mol. The van der Waals surface area contributed by atoms with E-state index in [4.69, 9.17) is 14.6 Å². The standard InChI is InChI=1S/C14H20N2O5/c1-3-16(8-9-20-2)14(19)15-11-4-6-12(7-5-11)21-10-13(17)18/h4-7H,3,8-10H2,1-2H3,(H,15,19)(H,17,18). The number of carbonyl (C=O) groups excluding carboxylic acids is 1. The summed E-state index contributed by atoms with van der Waals surface area (Å²) in [6, 6.07) is 6.29. The molecule has 0 saturated heterocycles. The molecule has 2 N–H and O–H groups in total. The zero-order valence-electron chi connectivity index (χ0n) is 12.2. The van der Waals surface area contributed by atoms with Crippen LogP contribution < -0.4 is 10.1 Å². The molecule has 0 aliphatic carbocycles. The first kappa shape index (κ1) is 16.8. The molecule has 1 aromatic rings. The van der Waals surface area contributed by atoms with Crippen LogP contribution in [0.1, 0.15) is 6.92 Å². The van der Waals surface area contributed by atoms with Gasteiger partial charge in [-0.2, -0.15) is 0 Å². The summed E-state index contributed by atoms with van der Waals surface area (Å²) in [6.45, 7) is 3.06. The lowest BCUT2D eigenvalue weighted by molar-refractivity contribution is -0.139. The Morgan fingerprint density at radius 3 is 2.48 bits per heavy atom. The highest BCUT2D eigenvalue weighted by Gasteiger charge is 2.11. The Bertz CT molecular complexity index is 461. The van der Waals surface area contributed by atoms with Gasteiger partial charge < -0.3 is 24.8 Å². The summed E-state index contributed by atoms with van der Waals surface area (Å²) in [5.41, 5.74) is 0.610. The first-order valence-electron chi connectivity index (χ1n) is 6.56. The predicted molar refractivity (Wildman–Crippen MR) is 77.7 cm³/mol. The second-order valence-corrected chi connectivity index (χ2v) is 4.21. The van der Waals surface area contributed by atoms with Crippen LogP contribution in [0.15, 0.2) is 24.3 Å². The van der Waals surface area contributed by atoms with Crippen LogP contribution in [-0.2, 0) is 9.53 Å². The van der Waals surface area contributed by atoms with Crippen LogP contribution in [0, 0.1) is 0 Å². The first-order chi connectivity index (χ1) is 10.1. The number of carboxylic acids is 1. The molecule has 0 saturated carbocycles. The van der Waals surface area contributed by atoms with Gasteiger partial charge in [0, 0.05) is 25.9 Å². The van der Waals surface area contributed by atoms with Gasteiger partial charge in [-0.3, -0.25) is 0 Å². The molecule has 2 amide bonds. The van der Waals surface area contributed by atoms with E-state index in [2.05, 4.69) is 5.32 Å². The summed E-state index contributed by atoms with van der Waals surface area (Å²) in [5.74, 6) is -0.605. The molecule has 0 aromatic heterocycles. The summed E-state index contributed by atoms with van der Waals surface area (Å²) in [4.78, 5) is 24.0. The molecule has 0 aliphatic rings. The van der Waals surface area contributed by atoms with E-state index in [-0.39, 0.29) is 6.03 Å². The number of hydrogen-bond donors (Lipinski definition) is 2. The van der Waals surface area contributed by atoms with Gasteiger partial charge in [0.05, 0.1) is 6.61 Å². The smallest absolute Gasteiger partial charge is 0.341 e. The van der Waals surface area contributed by atoms with Gasteiger partial charge in [0.15, 0.2) is 6.61 Å². The van der Waals surface area contributed by atoms with E-state index < -0.39 is 12.6 Å². The Labute approximate surface area is 123 Å². The maximum absolute atomic E-state index is 12.0. The Morgan fingerprint density at radius 2 is 1.95 bits per heavy atom. The van der Waals surface area contributed by atoms with Crippen molar-refractivity contribution in [3.05, 3.63) is 24.3 Å². The molecule has 21 heavy (non-hydrogen) atoms. The average molecular weight is 296 g/mol. The molecule has 0 heterocycles. The number of nitrogens with zero attached hydrogens (tertiary/aromatic N) is 1. The molecule has 0 radical (unpaired) electrons. The Balaban J connectivity index is 2.53. The van der Waals surface area contributed by atoms with E-state index in [0.29, 0.717) is 31.1 Å².